The summed E-state index contributed by atoms with van der Waals surface area (Å²) in [6.45, 7) is 6.17. The molecule has 3 nitrogen and oxygen atoms in total. The minimum absolute atomic E-state index is 0.177. The molecule has 1 unspecified atom stereocenters. The van der Waals surface area contributed by atoms with Crippen molar-refractivity contribution in [1.29, 1.82) is 0 Å². The van der Waals surface area contributed by atoms with Gasteiger partial charge in [-0.2, -0.15) is 5.10 Å². The van der Waals surface area contributed by atoms with Gasteiger partial charge in [-0.25, -0.2) is 0 Å². The van der Waals surface area contributed by atoms with Crippen molar-refractivity contribution < 1.29 is 0 Å². The zero-order chi connectivity index (χ0) is 13.8. The third kappa shape index (κ3) is 3.48. The molecule has 0 aliphatic rings. The summed E-state index contributed by atoms with van der Waals surface area (Å²) in [5, 5.41) is 7.97. The molecule has 2 aromatic rings. The van der Waals surface area contributed by atoms with E-state index in [1.165, 1.54) is 11.3 Å². The van der Waals surface area contributed by atoms with Gasteiger partial charge in [0.05, 0.1) is 19.3 Å². The van der Waals surface area contributed by atoms with E-state index in [0.717, 1.165) is 27.1 Å². The maximum atomic E-state index is 4.42. The number of hydrogen-bond donors (Lipinski definition) is 1. The monoisotopic (exact) mass is 405 g/mol. The smallest absolute Gasteiger partial charge is 0.0767 e. The Labute approximate surface area is 134 Å². The standard InChI is InChI=1S/C13H17Br2N3S/c1-3-7-18-10(5-6-17-18)12(16-4-2)9-8-11(14)19-13(9)15/h5-6,8,12,16H,3-4,7H2,1-2H3. The molecule has 104 valence electrons. The van der Waals surface area contributed by atoms with Crippen LogP contribution in [0.5, 0.6) is 0 Å². The highest BCUT2D eigenvalue weighted by molar-refractivity contribution is 9.12. The summed E-state index contributed by atoms with van der Waals surface area (Å²) in [5.74, 6) is 0. The Hall–Kier alpha value is -0.170. The van der Waals surface area contributed by atoms with Crippen molar-refractivity contribution in [3.63, 3.8) is 0 Å². The minimum atomic E-state index is 0.177. The predicted molar refractivity (Wildman–Crippen MR) is 87.8 cm³/mol. The Morgan fingerprint density at radius 1 is 1.42 bits per heavy atom. The zero-order valence-corrected chi connectivity index (χ0v) is 15.0. The molecule has 0 saturated heterocycles. The minimum Gasteiger partial charge on any atom is -0.305 e. The molecule has 19 heavy (non-hydrogen) atoms. The lowest BCUT2D eigenvalue weighted by Crippen LogP contribution is -2.24. The van der Waals surface area contributed by atoms with Gasteiger partial charge in [0.15, 0.2) is 0 Å². The van der Waals surface area contributed by atoms with Crippen LogP contribution >= 0.6 is 43.2 Å². The van der Waals surface area contributed by atoms with Crippen LogP contribution in [0.15, 0.2) is 25.9 Å². The number of aryl methyl sites for hydroxylation is 1. The predicted octanol–water partition coefficient (Wildman–Crippen LogP) is 4.58. The Kier molecular flexibility index (Phi) is 5.62. The van der Waals surface area contributed by atoms with Crippen molar-refractivity contribution in [2.24, 2.45) is 0 Å². The fourth-order valence-corrected chi connectivity index (χ4v) is 5.02. The number of halogens is 2. The van der Waals surface area contributed by atoms with Gasteiger partial charge in [0.1, 0.15) is 0 Å². The highest BCUT2D eigenvalue weighted by atomic mass is 79.9. The Morgan fingerprint density at radius 3 is 2.79 bits per heavy atom. The summed E-state index contributed by atoms with van der Waals surface area (Å²) >= 11 is 8.91. The first-order valence-electron chi connectivity index (χ1n) is 6.37. The van der Waals surface area contributed by atoms with Gasteiger partial charge < -0.3 is 5.32 Å². The summed E-state index contributed by atoms with van der Waals surface area (Å²) in [6, 6.07) is 4.45. The average molecular weight is 407 g/mol. The van der Waals surface area contributed by atoms with Gasteiger partial charge in [-0.3, -0.25) is 4.68 Å². The normalized spacial score (nSPS) is 12.8. The number of thiophene rings is 1. The van der Waals surface area contributed by atoms with Crippen LogP contribution in [0.4, 0.5) is 0 Å². The van der Waals surface area contributed by atoms with E-state index in [1.807, 2.05) is 6.20 Å². The van der Waals surface area contributed by atoms with Crippen LogP contribution in [0.1, 0.15) is 37.6 Å². The largest absolute Gasteiger partial charge is 0.305 e. The molecule has 0 amide bonds. The summed E-state index contributed by atoms with van der Waals surface area (Å²) in [6.07, 6.45) is 2.96. The zero-order valence-electron chi connectivity index (χ0n) is 11.0. The molecule has 0 fully saturated rings. The van der Waals surface area contributed by atoms with Crippen molar-refractivity contribution in [3.8, 4) is 0 Å². The summed E-state index contributed by atoms with van der Waals surface area (Å²) in [4.78, 5) is 0. The van der Waals surface area contributed by atoms with E-state index in [9.17, 15) is 0 Å². The maximum Gasteiger partial charge on any atom is 0.0767 e. The number of nitrogens with zero attached hydrogens (tertiary/aromatic N) is 2. The van der Waals surface area contributed by atoms with Crippen molar-refractivity contribution >= 4 is 43.2 Å². The van der Waals surface area contributed by atoms with Gasteiger partial charge in [-0.15, -0.1) is 11.3 Å². The topological polar surface area (TPSA) is 29.9 Å². The first-order valence-corrected chi connectivity index (χ1v) is 8.77. The molecule has 0 bridgehead atoms. The van der Waals surface area contributed by atoms with E-state index in [2.05, 4.69) is 72.9 Å². The SMILES string of the molecule is CCCn1nccc1C(NCC)c1cc(Br)sc1Br. The molecule has 0 spiro atoms. The number of rotatable bonds is 6. The number of nitrogens with one attached hydrogen (secondary N) is 1. The molecule has 0 aromatic carbocycles. The van der Waals surface area contributed by atoms with Crippen molar-refractivity contribution in [2.45, 2.75) is 32.9 Å². The van der Waals surface area contributed by atoms with Crippen LogP contribution in [0.25, 0.3) is 0 Å². The lowest BCUT2D eigenvalue weighted by atomic mass is 10.1. The second kappa shape index (κ2) is 7.02. The van der Waals surface area contributed by atoms with Crippen LogP contribution < -0.4 is 5.32 Å². The Bertz CT molecular complexity index is 536. The third-order valence-corrected chi connectivity index (χ3v) is 5.27. The molecule has 0 aliphatic carbocycles. The van der Waals surface area contributed by atoms with Crippen LogP contribution in [-0.2, 0) is 6.54 Å². The maximum absolute atomic E-state index is 4.42. The van der Waals surface area contributed by atoms with Crippen LogP contribution in [-0.4, -0.2) is 16.3 Å². The molecule has 1 N–H and O–H groups in total. The van der Waals surface area contributed by atoms with Crippen molar-refractivity contribution in [1.82, 2.24) is 15.1 Å². The highest BCUT2D eigenvalue weighted by Crippen LogP contribution is 2.37. The van der Waals surface area contributed by atoms with Gasteiger partial charge >= 0.3 is 0 Å². The molecule has 2 heterocycles. The lowest BCUT2D eigenvalue weighted by molar-refractivity contribution is 0.520. The molecule has 6 heteroatoms. The first kappa shape index (κ1) is 15.2. The molecule has 0 aliphatic heterocycles. The second-order valence-corrected chi connectivity index (χ2v) is 8.00. The quantitative estimate of drug-likeness (QED) is 0.760. The van der Waals surface area contributed by atoms with E-state index >= 15 is 0 Å². The molecular formula is C13H17Br2N3S. The van der Waals surface area contributed by atoms with E-state index in [-0.39, 0.29) is 6.04 Å². The molecule has 2 aromatic heterocycles. The molecule has 2 rings (SSSR count). The van der Waals surface area contributed by atoms with Crippen molar-refractivity contribution in [2.75, 3.05) is 6.54 Å². The van der Waals surface area contributed by atoms with E-state index in [4.69, 9.17) is 0 Å². The van der Waals surface area contributed by atoms with E-state index in [0.29, 0.717) is 0 Å². The molecule has 0 saturated carbocycles. The van der Waals surface area contributed by atoms with Gasteiger partial charge in [0.25, 0.3) is 0 Å². The summed E-state index contributed by atoms with van der Waals surface area (Å²) in [5.41, 5.74) is 2.48. The summed E-state index contributed by atoms with van der Waals surface area (Å²) < 4.78 is 4.39. The number of hydrogen-bond acceptors (Lipinski definition) is 3. The third-order valence-electron chi connectivity index (χ3n) is 2.88. The van der Waals surface area contributed by atoms with Crippen LogP contribution in [0.3, 0.4) is 0 Å². The number of aromatic nitrogens is 2. The van der Waals surface area contributed by atoms with E-state index < -0.39 is 0 Å². The molecule has 0 radical (unpaired) electrons. The van der Waals surface area contributed by atoms with Crippen LogP contribution in [0.2, 0.25) is 0 Å². The van der Waals surface area contributed by atoms with Crippen LogP contribution in [0, 0.1) is 0 Å². The summed E-state index contributed by atoms with van der Waals surface area (Å²) in [7, 11) is 0. The molecular weight excluding hydrogens is 390 g/mol. The lowest BCUT2D eigenvalue weighted by Gasteiger charge is -2.19. The van der Waals surface area contributed by atoms with Gasteiger partial charge in [-0.05, 0) is 57.0 Å². The fourth-order valence-electron chi connectivity index (χ4n) is 2.11. The van der Waals surface area contributed by atoms with Crippen molar-refractivity contribution in [3.05, 3.63) is 37.2 Å². The highest BCUT2D eigenvalue weighted by Gasteiger charge is 2.21. The fraction of sp³-hybridized carbons (Fsp3) is 0.462. The second-order valence-electron chi connectivity index (χ2n) is 4.25. The average Bonchev–Trinajstić information content (AvgIpc) is 2.94. The first-order chi connectivity index (χ1) is 9.17. The Balaban J connectivity index is 2.39. The van der Waals surface area contributed by atoms with Gasteiger partial charge in [0, 0.05) is 18.3 Å². The van der Waals surface area contributed by atoms with Gasteiger partial charge in [0.2, 0.25) is 0 Å². The van der Waals surface area contributed by atoms with E-state index in [1.54, 1.807) is 11.3 Å². The van der Waals surface area contributed by atoms with Gasteiger partial charge in [-0.1, -0.05) is 13.8 Å². The molecule has 1 atom stereocenters. The Morgan fingerprint density at radius 2 is 2.21 bits per heavy atom.